The lowest BCUT2D eigenvalue weighted by molar-refractivity contribution is -0.148. The molecule has 0 bridgehead atoms. The highest BCUT2D eigenvalue weighted by Gasteiger charge is 2.33. The van der Waals surface area contributed by atoms with E-state index < -0.39 is 77.3 Å². The number of carbonyl (C=O) groups is 5. The van der Waals surface area contributed by atoms with Crippen LogP contribution in [0.1, 0.15) is 38.2 Å². The summed E-state index contributed by atoms with van der Waals surface area (Å²) in [5, 5.41) is 4.71. The van der Waals surface area contributed by atoms with Crippen molar-refractivity contribution in [2.24, 2.45) is 0 Å². The summed E-state index contributed by atoms with van der Waals surface area (Å²) in [6, 6.07) is 32.0. The third kappa shape index (κ3) is 12.3. The Hall–Kier alpha value is -8.08. The van der Waals surface area contributed by atoms with E-state index in [0.29, 0.717) is 39.8 Å². The molecule has 6 aromatic rings. The Kier molecular flexibility index (Phi) is 16.2. The monoisotopic (exact) mass is 910 g/mol. The quantitative estimate of drug-likeness (QED) is 0.0154. The number of alkyl carbamates (subject to hydrolysis) is 1. The van der Waals surface area contributed by atoms with Crippen LogP contribution in [0.2, 0.25) is 0 Å². The Balaban J connectivity index is 1.38. The Morgan fingerprint density at radius 2 is 1.14 bits per heavy atom. The summed E-state index contributed by atoms with van der Waals surface area (Å²) in [6.45, 7) is -0.395. The summed E-state index contributed by atoms with van der Waals surface area (Å²) < 4.78 is 98.6. The van der Waals surface area contributed by atoms with Crippen LogP contribution in [-0.4, -0.2) is 49.6 Å². The summed E-state index contributed by atoms with van der Waals surface area (Å²) in [5.74, 6) is -17.1. The molecule has 0 saturated heterocycles. The summed E-state index contributed by atoms with van der Waals surface area (Å²) in [7, 11) is 1.16. The number of esters is 3. The number of hydrogen-bond donors (Lipinski definition) is 2. The minimum atomic E-state index is -2.49. The van der Waals surface area contributed by atoms with Gasteiger partial charge in [-0.3, -0.25) is 4.79 Å². The van der Waals surface area contributed by atoms with Crippen LogP contribution in [0.25, 0.3) is 11.1 Å². The second kappa shape index (κ2) is 22.5. The maximum absolute atomic E-state index is 14.8. The first-order valence-electron chi connectivity index (χ1n) is 20.0. The number of hydrogen-bond acceptors (Lipinski definition) is 10. The maximum atomic E-state index is 14.8. The number of nitrogens with one attached hydrogen (secondary N) is 2. The zero-order chi connectivity index (χ0) is 47.2. The minimum Gasteiger partial charge on any atom is -0.489 e. The predicted octanol–water partition coefficient (Wildman–Crippen LogP) is 8.26. The highest BCUT2D eigenvalue weighted by molar-refractivity contribution is 5.91. The largest absolute Gasteiger partial charge is 0.489 e. The fraction of sp³-hybridized carbons (Fsp3) is 0.163. The van der Waals surface area contributed by atoms with Gasteiger partial charge in [-0.2, -0.15) is 8.78 Å². The number of rotatable bonds is 19. The van der Waals surface area contributed by atoms with Crippen LogP contribution in [0.4, 0.5) is 26.7 Å². The van der Waals surface area contributed by atoms with Crippen LogP contribution in [-0.2, 0) is 61.3 Å². The fourth-order valence-corrected chi connectivity index (χ4v) is 6.53. The first kappa shape index (κ1) is 47.4. The van der Waals surface area contributed by atoms with Gasteiger partial charge in [-0.25, -0.2) is 32.3 Å². The lowest BCUT2D eigenvalue weighted by Crippen LogP contribution is -2.45. The molecule has 340 valence electrons. The van der Waals surface area contributed by atoms with Gasteiger partial charge in [-0.1, -0.05) is 103 Å². The fourth-order valence-electron chi connectivity index (χ4n) is 6.53. The molecule has 2 atom stereocenters. The lowest BCUT2D eigenvalue weighted by atomic mass is 9.94. The van der Waals surface area contributed by atoms with Gasteiger partial charge in [0.05, 0.1) is 12.7 Å². The van der Waals surface area contributed by atoms with Gasteiger partial charge in [0.2, 0.25) is 41.2 Å². The molecule has 12 nitrogen and oxygen atoms in total. The smallest absolute Gasteiger partial charge is 0.408 e. The molecule has 0 aliphatic rings. The van der Waals surface area contributed by atoms with Crippen molar-refractivity contribution in [3.05, 3.63) is 190 Å². The molecule has 6 rings (SSSR count). The van der Waals surface area contributed by atoms with Crippen molar-refractivity contribution in [3.8, 4) is 22.6 Å². The molecule has 0 fully saturated rings. The average Bonchev–Trinajstić information content (AvgIpc) is 3.34. The Morgan fingerprint density at radius 1 is 0.576 bits per heavy atom. The average molecular weight is 911 g/mol. The third-order valence-corrected chi connectivity index (χ3v) is 9.85. The minimum absolute atomic E-state index is 0.0210. The van der Waals surface area contributed by atoms with Crippen molar-refractivity contribution in [2.75, 3.05) is 7.11 Å². The van der Waals surface area contributed by atoms with Crippen molar-refractivity contribution in [3.63, 3.8) is 0 Å². The molecular formula is C49H39F5N2O10. The molecule has 0 aliphatic carbocycles. The highest BCUT2D eigenvalue weighted by atomic mass is 19.2. The van der Waals surface area contributed by atoms with E-state index in [-0.39, 0.29) is 43.1 Å². The number of methoxy groups -OCH3 is 1. The molecule has 17 heteroatoms. The second-order valence-corrected chi connectivity index (χ2v) is 14.4. The van der Waals surface area contributed by atoms with Gasteiger partial charge in [-0.15, -0.1) is 0 Å². The number of carbonyl (C=O) groups excluding carboxylic acids is 5. The van der Waals surface area contributed by atoms with Gasteiger partial charge in [-0.05, 0) is 63.2 Å². The molecule has 2 amide bonds. The maximum Gasteiger partial charge on any atom is 0.408 e. The number of halogens is 5. The van der Waals surface area contributed by atoms with E-state index >= 15 is 0 Å². The van der Waals surface area contributed by atoms with Crippen molar-refractivity contribution >= 4 is 30.4 Å². The zero-order valence-corrected chi connectivity index (χ0v) is 34.9. The summed E-state index contributed by atoms with van der Waals surface area (Å²) in [4.78, 5) is 64.8. The molecule has 0 radical (unpaired) electrons. The van der Waals surface area contributed by atoms with E-state index in [1.165, 1.54) is 24.3 Å². The van der Waals surface area contributed by atoms with Crippen LogP contribution in [0.3, 0.4) is 0 Å². The van der Waals surface area contributed by atoms with Crippen molar-refractivity contribution in [1.29, 1.82) is 0 Å². The number of amides is 2. The molecule has 0 heterocycles. The van der Waals surface area contributed by atoms with E-state index in [1.807, 2.05) is 0 Å². The van der Waals surface area contributed by atoms with Gasteiger partial charge in [0.25, 0.3) is 0 Å². The van der Waals surface area contributed by atoms with Crippen LogP contribution in [0, 0.1) is 29.1 Å². The summed E-state index contributed by atoms with van der Waals surface area (Å²) >= 11 is 0. The van der Waals surface area contributed by atoms with Crippen molar-refractivity contribution in [2.45, 2.75) is 44.7 Å². The van der Waals surface area contributed by atoms with Gasteiger partial charge in [0.1, 0.15) is 37.7 Å². The Labute approximate surface area is 374 Å². The van der Waals surface area contributed by atoms with Crippen molar-refractivity contribution < 1.29 is 69.6 Å². The number of benzene rings is 6. The van der Waals surface area contributed by atoms with Gasteiger partial charge >= 0.3 is 24.0 Å². The normalized spacial score (nSPS) is 11.7. The molecule has 0 aromatic heterocycles. The molecule has 0 aliphatic heterocycles. The van der Waals surface area contributed by atoms with Crippen LogP contribution in [0.5, 0.6) is 11.5 Å². The molecule has 0 spiro atoms. The molecule has 0 unspecified atom stereocenters. The first-order valence-corrected chi connectivity index (χ1v) is 20.0. The molecular weight excluding hydrogens is 872 g/mol. The van der Waals surface area contributed by atoms with Gasteiger partial charge in [0, 0.05) is 12.8 Å². The molecule has 2 N–H and O–H groups in total. The Bertz CT molecular complexity index is 2660. The summed E-state index contributed by atoms with van der Waals surface area (Å²) in [5.41, 5.74) is 3.16. The Morgan fingerprint density at radius 3 is 1.71 bits per heavy atom. The highest BCUT2D eigenvalue weighted by Crippen LogP contribution is 2.33. The van der Waals surface area contributed by atoms with Gasteiger partial charge < -0.3 is 34.3 Å². The van der Waals surface area contributed by atoms with E-state index in [2.05, 4.69) is 10.6 Å². The van der Waals surface area contributed by atoms with Gasteiger partial charge in [0.15, 0.2) is 0 Å². The molecule has 0 saturated carbocycles. The molecule has 6 aromatic carbocycles. The van der Waals surface area contributed by atoms with Crippen LogP contribution < -0.4 is 20.1 Å². The standard InChI is InChI=1S/C49H39F5N2O10/c1-62-46(58)36-20-32(21-37(55-28-57)47(59)64-26-30-13-7-3-8-14-30)19-34(23-36)33-17-18-39(63-25-29-11-5-2-6-12-29)35(22-33)24-38(56-49(61)65-27-31-15-9-4-10-16-31)48(60)66-45-43(53)41(51)40(50)42(52)44(45)54/h2-20,22-23,28,37-38H,21,24-27H2,1H3,(H,55,57)(H,56,61)/t37-,38-/m0/s1. The van der Waals surface area contributed by atoms with Crippen molar-refractivity contribution in [1.82, 2.24) is 10.6 Å². The van der Waals surface area contributed by atoms with E-state index in [0.717, 1.165) is 7.11 Å². The molecule has 66 heavy (non-hydrogen) atoms. The van der Waals surface area contributed by atoms with E-state index in [9.17, 15) is 45.9 Å². The van der Waals surface area contributed by atoms with Crippen LogP contribution in [0.15, 0.2) is 127 Å². The topological polar surface area (TPSA) is 156 Å². The lowest BCUT2D eigenvalue weighted by Gasteiger charge is -2.21. The second-order valence-electron chi connectivity index (χ2n) is 14.4. The van der Waals surface area contributed by atoms with E-state index in [4.69, 9.17) is 23.7 Å². The number of ether oxygens (including phenoxy) is 5. The van der Waals surface area contributed by atoms with Crippen LogP contribution >= 0.6 is 0 Å². The SMILES string of the molecule is COC(=O)c1cc(C[C@H](NC=O)C(=O)OCc2ccccc2)cc(-c2ccc(OCc3ccccc3)c(C[C@H](NC(=O)OCc3ccccc3)C(=O)Oc3c(F)c(F)c(F)c(F)c3F)c2)c1. The third-order valence-electron chi connectivity index (χ3n) is 9.85. The summed E-state index contributed by atoms with van der Waals surface area (Å²) in [6.07, 6.45) is -1.65. The first-order chi connectivity index (χ1) is 31.8. The van der Waals surface area contributed by atoms with E-state index in [1.54, 1.807) is 103 Å². The zero-order valence-electron chi connectivity index (χ0n) is 34.9. The predicted molar refractivity (Wildman–Crippen MR) is 226 cm³/mol.